The number of hydrogen-bond donors (Lipinski definition) is 2. The van der Waals surface area contributed by atoms with Gasteiger partial charge in [-0.3, -0.25) is 4.79 Å². The number of aromatic amines is 1. The first-order chi connectivity index (χ1) is 9.17. The number of benzene rings is 1. The van der Waals surface area contributed by atoms with Crippen LogP contribution in [-0.4, -0.2) is 29.1 Å². The number of nitrogens with zero attached hydrogens (tertiary/aromatic N) is 1. The van der Waals surface area contributed by atoms with E-state index in [1.165, 1.54) is 0 Å². The third kappa shape index (κ3) is 2.78. The van der Waals surface area contributed by atoms with Crippen molar-refractivity contribution < 1.29 is 9.53 Å². The Morgan fingerprint density at radius 1 is 1.53 bits per heavy atom. The molecule has 2 N–H and O–H groups in total. The van der Waals surface area contributed by atoms with Crippen molar-refractivity contribution in [3.05, 3.63) is 23.0 Å². The lowest BCUT2D eigenvalue weighted by Crippen LogP contribution is -2.23. The number of hydrogen-bond acceptors (Lipinski definition) is 3. The number of aromatic nitrogens is 2. The smallest absolute Gasteiger partial charge is 0.221 e. The van der Waals surface area contributed by atoms with Crippen LogP contribution in [0.1, 0.15) is 13.3 Å². The van der Waals surface area contributed by atoms with Gasteiger partial charge in [0.05, 0.1) is 12.6 Å². The molecule has 0 saturated carbocycles. The predicted molar refractivity (Wildman–Crippen MR) is 77.0 cm³/mol. The molecule has 0 saturated heterocycles. The summed E-state index contributed by atoms with van der Waals surface area (Å²) in [6, 6.07) is 5.75. The van der Waals surface area contributed by atoms with Crippen molar-refractivity contribution in [2.75, 3.05) is 13.7 Å². The standard InChI is InChI=1S/C13H17N3O2S/c1-3-14-11(17)7-8-16-9-5-4-6-10(18-2)12(9)15-13(16)19/h4-6H,3,7-8H2,1-2H3,(H,14,17)(H,15,19). The second-order valence-electron chi connectivity index (χ2n) is 4.14. The fourth-order valence-electron chi connectivity index (χ4n) is 2.04. The van der Waals surface area contributed by atoms with Gasteiger partial charge in [-0.05, 0) is 31.3 Å². The van der Waals surface area contributed by atoms with E-state index in [0.29, 0.717) is 24.3 Å². The molecular weight excluding hydrogens is 262 g/mol. The van der Waals surface area contributed by atoms with Gasteiger partial charge in [0.25, 0.3) is 0 Å². The van der Waals surface area contributed by atoms with Crippen LogP contribution in [0, 0.1) is 4.77 Å². The summed E-state index contributed by atoms with van der Waals surface area (Å²) in [6.07, 6.45) is 0.409. The number of carbonyl (C=O) groups excluding carboxylic acids is 1. The van der Waals surface area contributed by atoms with E-state index in [4.69, 9.17) is 17.0 Å². The van der Waals surface area contributed by atoms with Crippen molar-refractivity contribution in [3.63, 3.8) is 0 Å². The molecule has 1 amide bonds. The van der Waals surface area contributed by atoms with E-state index in [-0.39, 0.29) is 5.91 Å². The van der Waals surface area contributed by atoms with Crippen molar-refractivity contribution in [2.24, 2.45) is 0 Å². The van der Waals surface area contributed by atoms with E-state index in [1.54, 1.807) is 7.11 Å². The minimum atomic E-state index is 0.0293. The minimum absolute atomic E-state index is 0.0293. The lowest BCUT2D eigenvalue weighted by Gasteiger charge is -2.05. The van der Waals surface area contributed by atoms with Gasteiger partial charge in [0, 0.05) is 19.5 Å². The van der Waals surface area contributed by atoms with Gasteiger partial charge in [-0.15, -0.1) is 0 Å². The van der Waals surface area contributed by atoms with Gasteiger partial charge in [-0.25, -0.2) is 0 Å². The van der Waals surface area contributed by atoms with Crippen molar-refractivity contribution in [1.82, 2.24) is 14.9 Å². The first kappa shape index (κ1) is 13.6. The highest BCUT2D eigenvalue weighted by molar-refractivity contribution is 7.71. The van der Waals surface area contributed by atoms with Crippen LogP contribution in [0.25, 0.3) is 11.0 Å². The molecule has 0 fully saturated rings. The highest BCUT2D eigenvalue weighted by Gasteiger charge is 2.09. The largest absolute Gasteiger partial charge is 0.494 e. The maximum absolute atomic E-state index is 11.5. The van der Waals surface area contributed by atoms with E-state index in [1.807, 2.05) is 29.7 Å². The fourth-order valence-corrected chi connectivity index (χ4v) is 2.34. The number of amides is 1. The molecule has 0 unspecified atom stereocenters. The molecule has 0 aliphatic heterocycles. The zero-order chi connectivity index (χ0) is 13.8. The highest BCUT2D eigenvalue weighted by atomic mass is 32.1. The molecule has 0 bridgehead atoms. The average molecular weight is 279 g/mol. The number of nitrogens with one attached hydrogen (secondary N) is 2. The summed E-state index contributed by atoms with van der Waals surface area (Å²) in [5, 5.41) is 2.78. The van der Waals surface area contributed by atoms with Crippen molar-refractivity contribution in [1.29, 1.82) is 0 Å². The van der Waals surface area contributed by atoms with E-state index < -0.39 is 0 Å². The second kappa shape index (κ2) is 5.88. The SMILES string of the molecule is CCNC(=O)CCn1c(=S)[nH]c2c(OC)cccc21. The minimum Gasteiger partial charge on any atom is -0.494 e. The Morgan fingerprint density at radius 2 is 2.32 bits per heavy atom. The molecule has 0 atom stereocenters. The van der Waals surface area contributed by atoms with Crippen LogP contribution in [0.4, 0.5) is 0 Å². The molecule has 5 nitrogen and oxygen atoms in total. The normalized spacial score (nSPS) is 10.6. The van der Waals surface area contributed by atoms with Crippen LogP contribution < -0.4 is 10.1 Å². The topological polar surface area (TPSA) is 59.0 Å². The maximum Gasteiger partial charge on any atom is 0.221 e. The summed E-state index contributed by atoms with van der Waals surface area (Å²) in [4.78, 5) is 14.6. The fraction of sp³-hybridized carbons (Fsp3) is 0.385. The Morgan fingerprint density at radius 3 is 3.00 bits per heavy atom. The van der Waals surface area contributed by atoms with E-state index in [0.717, 1.165) is 16.8 Å². The second-order valence-corrected chi connectivity index (χ2v) is 4.53. The molecular formula is C13H17N3O2S. The zero-order valence-corrected chi connectivity index (χ0v) is 11.8. The zero-order valence-electron chi connectivity index (χ0n) is 11.0. The van der Waals surface area contributed by atoms with Gasteiger partial charge in [0.2, 0.25) is 5.91 Å². The lowest BCUT2D eigenvalue weighted by molar-refractivity contribution is -0.121. The van der Waals surface area contributed by atoms with Crippen molar-refractivity contribution in [3.8, 4) is 5.75 Å². The Hall–Kier alpha value is -1.82. The number of methoxy groups -OCH3 is 1. The highest BCUT2D eigenvalue weighted by Crippen LogP contribution is 2.24. The number of aryl methyl sites for hydroxylation is 1. The lowest BCUT2D eigenvalue weighted by atomic mass is 10.3. The monoisotopic (exact) mass is 279 g/mol. The van der Waals surface area contributed by atoms with Gasteiger partial charge in [-0.1, -0.05) is 6.07 Å². The van der Waals surface area contributed by atoms with Crippen LogP contribution in [0.3, 0.4) is 0 Å². The third-order valence-corrected chi connectivity index (χ3v) is 3.25. The molecule has 2 rings (SSSR count). The molecule has 1 heterocycles. The predicted octanol–water partition coefficient (Wildman–Crippen LogP) is 2.23. The molecule has 102 valence electrons. The quantitative estimate of drug-likeness (QED) is 0.825. The first-order valence-corrected chi connectivity index (χ1v) is 6.60. The van der Waals surface area contributed by atoms with Crippen LogP contribution >= 0.6 is 12.2 Å². The van der Waals surface area contributed by atoms with E-state index >= 15 is 0 Å². The summed E-state index contributed by atoms with van der Waals surface area (Å²) >= 11 is 5.30. The summed E-state index contributed by atoms with van der Waals surface area (Å²) in [6.45, 7) is 3.10. The van der Waals surface area contributed by atoms with E-state index in [2.05, 4.69) is 10.3 Å². The van der Waals surface area contributed by atoms with Gasteiger partial charge in [0.1, 0.15) is 11.3 Å². The molecule has 0 aliphatic carbocycles. The average Bonchev–Trinajstić information content (AvgIpc) is 2.72. The first-order valence-electron chi connectivity index (χ1n) is 6.19. The van der Waals surface area contributed by atoms with Gasteiger partial charge < -0.3 is 19.6 Å². The Bertz CT molecular complexity index is 645. The summed E-state index contributed by atoms with van der Waals surface area (Å²) in [5.74, 6) is 0.780. The summed E-state index contributed by atoms with van der Waals surface area (Å²) < 4.78 is 7.81. The number of imidazole rings is 1. The summed E-state index contributed by atoms with van der Waals surface area (Å²) in [7, 11) is 1.62. The number of rotatable bonds is 5. The molecule has 1 aromatic carbocycles. The molecule has 2 aromatic rings. The number of H-pyrrole nitrogens is 1. The molecule has 19 heavy (non-hydrogen) atoms. The molecule has 6 heteroatoms. The maximum atomic E-state index is 11.5. The van der Waals surface area contributed by atoms with E-state index in [9.17, 15) is 4.79 Å². The van der Waals surface area contributed by atoms with Crippen molar-refractivity contribution >= 4 is 29.2 Å². The van der Waals surface area contributed by atoms with Crippen LogP contribution in [0.2, 0.25) is 0 Å². The number of para-hydroxylation sites is 1. The number of ether oxygens (including phenoxy) is 1. The van der Waals surface area contributed by atoms with Gasteiger partial charge in [0.15, 0.2) is 4.77 Å². The van der Waals surface area contributed by atoms with Crippen LogP contribution in [-0.2, 0) is 11.3 Å². The number of fused-ring (bicyclic) bond motifs is 1. The van der Waals surface area contributed by atoms with Gasteiger partial charge in [-0.2, -0.15) is 0 Å². The molecule has 0 aliphatic rings. The molecule has 1 aromatic heterocycles. The summed E-state index contributed by atoms with van der Waals surface area (Å²) in [5.41, 5.74) is 1.82. The van der Waals surface area contributed by atoms with Crippen LogP contribution in [0.15, 0.2) is 18.2 Å². The van der Waals surface area contributed by atoms with Crippen LogP contribution in [0.5, 0.6) is 5.75 Å². The Balaban J connectivity index is 2.31. The Kier molecular flexibility index (Phi) is 4.21. The molecule has 0 radical (unpaired) electrons. The van der Waals surface area contributed by atoms with Gasteiger partial charge >= 0.3 is 0 Å². The Labute approximate surface area is 116 Å². The third-order valence-electron chi connectivity index (χ3n) is 2.93. The molecule has 0 spiro atoms. The number of carbonyl (C=O) groups is 1. The van der Waals surface area contributed by atoms with Crippen molar-refractivity contribution in [2.45, 2.75) is 19.9 Å².